The molecule has 3 rings (SSSR count). The Morgan fingerprint density at radius 3 is 3.05 bits per heavy atom. The Bertz CT molecular complexity index is 613. The fraction of sp³-hybridized carbons (Fsp3) is 0.462. The van der Waals surface area contributed by atoms with E-state index in [2.05, 4.69) is 10.1 Å². The number of amides is 1. The first kappa shape index (κ1) is 14.1. The number of aromatic nitrogens is 3. The Kier molecular flexibility index (Phi) is 3.96. The van der Waals surface area contributed by atoms with E-state index in [0.717, 1.165) is 24.2 Å². The van der Waals surface area contributed by atoms with Gasteiger partial charge in [0.15, 0.2) is 0 Å². The van der Waals surface area contributed by atoms with Crippen molar-refractivity contribution in [3.8, 4) is 0 Å². The largest absolute Gasteiger partial charge is 0.336 e. The van der Waals surface area contributed by atoms with E-state index in [-0.39, 0.29) is 22.4 Å². The Morgan fingerprint density at radius 1 is 1.48 bits per heavy atom. The first-order chi connectivity index (χ1) is 10.2. The molecule has 1 fully saturated rings. The molecule has 3 heterocycles. The summed E-state index contributed by atoms with van der Waals surface area (Å²) >= 11 is 0.923. The first-order valence-corrected chi connectivity index (χ1v) is 7.53. The fourth-order valence-electron chi connectivity index (χ4n) is 2.60. The summed E-state index contributed by atoms with van der Waals surface area (Å²) in [5, 5.41) is 5.63. The molecule has 21 heavy (non-hydrogen) atoms. The highest BCUT2D eigenvalue weighted by Crippen LogP contribution is 2.30. The van der Waals surface area contributed by atoms with Crippen LogP contribution in [0, 0.1) is 0 Å². The van der Waals surface area contributed by atoms with Gasteiger partial charge in [0.05, 0.1) is 16.5 Å². The van der Waals surface area contributed by atoms with Crippen molar-refractivity contribution >= 4 is 17.2 Å². The second-order valence-corrected chi connectivity index (χ2v) is 5.87. The van der Waals surface area contributed by atoms with Crippen molar-refractivity contribution in [3.05, 3.63) is 34.5 Å². The number of halogens is 2. The summed E-state index contributed by atoms with van der Waals surface area (Å²) in [7, 11) is 0. The Hall–Kier alpha value is -1.83. The second kappa shape index (κ2) is 5.88. The number of carbonyl (C=O) groups excluding carboxylic acids is 1. The van der Waals surface area contributed by atoms with Crippen LogP contribution in [0.5, 0.6) is 0 Å². The SMILES string of the molecule is O=C(c1ccsc1C(F)F)N1CCCC(n2cncn2)C1. The van der Waals surface area contributed by atoms with Crippen molar-refractivity contribution in [2.45, 2.75) is 25.3 Å². The number of hydrogen-bond acceptors (Lipinski definition) is 4. The highest BCUT2D eigenvalue weighted by molar-refractivity contribution is 7.10. The molecular formula is C13H14F2N4OS. The van der Waals surface area contributed by atoms with Gasteiger partial charge in [0, 0.05) is 13.1 Å². The minimum Gasteiger partial charge on any atom is -0.336 e. The van der Waals surface area contributed by atoms with Gasteiger partial charge in [-0.25, -0.2) is 18.4 Å². The minimum atomic E-state index is -2.61. The summed E-state index contributed by atoms with van der Waals surface area (Å²) in [5.41, 5.74) is 0.120. The fourth-order valence-corrected chi connectivity index (χ4v) is 3.33. The summed E-state index contributed by atoms with van der Waals surface area (Å²) in [4.78, 5) is 17.8. The van der Waals surface area contributed by atoms with Crippen LogP contribution in [0.3, 0.4) is 0 Å². The Morgan fingerprint density at radius 2 is 2.33 bits per heavy atom. The maximum atomic E-state index is 12.9. The molecule has 0 bridgehead atoms. The van der Waals surface area contributed by atoms with Gasteiger partial charge in [-0.2, -0.15) is 5.10 Å². The lowest BCUT2D eigenvalue weighted by Crippen LogP contribution is -2.41. The molecule has 112 valence electrons. The van der Waals surface area contributed by atoms with Crippen LogP contribution in [0.4, 0.5) is 8.78 Å². The number of piperidine rings is 1. The molecule has 1 aliphatic rings. The topological polar surface area (TPSA) is 51.0 Å². The molecule has 0 spiro atoms. The van der Waals surface area contributed by atoms with Crippen LogP contribution >= 0.6 is 11.3 Å². The van der Waals surface area contributed by atoms with E-state index in [1.807, 2.05) is 0 Å². The lowest BCUT2D eigenvalue weighted by molar-refractivity contribution is 0.0664. The molecule has 1 amide bonds. The van der Waals surface area contributed by atoms with Gasteiger partial charge in [0.25, 0.3) is 12.3 Å². The number of carbonyl (C=O) groups is 1. The maximum absolute atomic E-state index is 12.9. The number of hydrogen-bond donors (Lipinski definition) is 0. The predicted molar refractivity (Wildman–Crippen MR) is 73.5 cm³/mol. The smallest absolute Gasteiger partial charge is 0.273 e. The van der Waals surface area contributed by atoms with E-state index in [1.165, 1.54) is 17.8 Å². The predicted octanol–water partition coefficient (Wildman–Crippen LogP) is 2.75. The molecule has 0 saturated carbocycles. The van der Waals surface area contributed by atoms with E-state index < -0.39 is 6.43 Å². The average molecular weight is 312 g/mol. The van der Waals surface area contributed by atoms with Crippen molar-refractivity contribution in [2.75, 3.05) is 13.1 Å². The van der Waals surface area contributed by atoms with E-state index in [9.17, 15) is 13.6 Å². The average Bonchev–Trinajstić information content (AvgIpc) is 3.17. The van der Waals surface area contributed by atoms with Gasteiger partial charge in [0.2, 0.25) is 0 Å². The second-order valence-electron chi connectivity index (χ2n) is 4.92. The third kappa shape index (κ3) is 2.80. The molecule has 5 nitrogen and oxygen atoms in total. The monoisotopic (exact) mass is 312 g/mol. The molecule has 1 unspecified atom stereocenters. The lowest BCUT2D eigenvalue weighted by atomic mass is 10.0. The normalized spacial score (nSPS) is 19.2. The number of nitrogens with zero attached hydrogens (tertiary/aromatic N) is 4. The lowest BCUT2D eigenvalue weighted by Gasteiger charge is -2.32. The molecule has 2 aromatic rings. The molecule has 8 heteroatoms. The summed E-state index contributed by atoms with van der Waals surface area (Å²) < 4.78 is 27.5. The molecule has 1 saturated heterocycles. The van der Waals surface area contributed by atoms with Gasteiger partial charge < -0.3 is 4.90 Å². The number of alkyl halides is 2. The quantitative estimate of drug-likeness (QED) is 0.875. The molecule has 0 aromatic carbocycles. The zero-order valence-electron chi connectivity index (χ0n) is 11.2. The number of thiophene rings is 1. The molecule has 0 radical (unpaired) electrons. The van der Waals surface area contributed by atoms with Gasteiger partial charge in [0.1, 0.15) is 12.7 Å². The zero-order chi connectivity index (χ0) is 14.8. The van der Waals surface area contributed by atoms with Crippen LogP contribution in [-0.2, 0) is 0 Å². The molecule has 2 aromatic heterocycles. The highest BCUT2D eigenvalue weighted by atomic mass is 32.1. The Balaban J connectivity index is 1.77. The third-order valence-electron chi connectivity index (χ3n) is 3.62. The molecule has 0 N–H and O–H groups in total. The number of rotatable bonds is 3. The van der Waals surface area contributed by atoms with E-state index in [0.29, 0.717) is 13.1 Å². The molecular weight excluding hydrogens is 298 g/mol. The van der Waals surface area contributed by atoms with Crippen molar-refractivity contribution in [3.63, 3.8) is 0 Å². The van der Waals surface area contributed by atoms with Gasteiger partial charge in [-0.1, -0.05) is 0 Å². The van der Waals surface area contributed by atoms with Crippen molar-refractivity contribution in [1.82, 2.24) is 19.7 Å². The van der Waals surface area contributed by atoms with Crippen molar-refractivity contribution < 1.29 is 13.6 Å². The highest BCUT2D eigenvalue weighted by Gasteiger charge is 2.29. The molecule has 1 atom stereocenters. The zero-order valence-corrected chi connectivity index (χ0v) is 12.0. The van der Waals surface area contributed by atoms with Gasteiger partial charge in [-0.05, 0) is 24.3 Å². The standard InChI is InChI=1S/C13H14F2N4OS/c14-12(15)11-10(3-5-21-11)13(20)18-4-1-2-9(6-18)19-8-16-7-17-19/h3,5,7-9,12H,1-2,4,6H2. The third-order valence-corrected chi connectivity index (χ3v) is 4.54. The first-order valence-electron chi connectivity index (χ1n) is 6.65. The van der Waals surface area contributed by atoms with Crippen LogP contribution in [0.15, 0.2) is 24.1 Å². The Labute approximate surface area is 124 Å². The van der Waals surface area contributed by atoms with Crippen LogP contribution in [0.25, 0.3) is 0 Å². The number of likely N-dealkylation sites (tertiary alicyclic amines) is 1. The van der Waals surface area contributed by atoms with Crippen LogP contribution in [-0.4, -0.2) is 38.7 Å². The van der Waals surface area contributed by atoms with E-state index >= 15 is 0 Å². The summed E-state index contributed by atoms with van der Waals surface area (Å²) in [5.74, 6) is -0.323. The summed E-state index contributed by atoms with van der Waals surface area (Å²) in [6.45, 7) is 1.06. The van der Waals surface area contributed by atoms with Crippen molar-refractivity contribution in [2.24, 2.45) is 0 Å². The molecule has 1 aliphatic heterocycles. The van der Waals surface area contributed by atoms with Crippen molar-refractivity contribution in [1.29, 1.82) is 0 Å². The van der Waals surface area contributed by atoms with E-state index in [1.54, 1.807) is 15.9 Å². The van der Waals surface area contributed by atoms with Crippen LogP contribution in [0.1, 0.15) is 40.5 Å². The summed E-state index contributed by atoms with van der Waals surface area (Å²) in [6.07, 6.45) is 2.19. The van der Waals surface area contributed by atoms with E-state index in [4.69, 9.17) is 0 Å². The van der Waals surface area contributed by atoms with Gasteiger partial charge in [-0.15, -0.1) is 11.3 Å². The van der Waals surface area contributed by atoms with Gasteiger partial charge in [-0.3, -0.25) is 4.79 Å². The maximum Gasteiger partial charge on any atom is 0.273 e. The summed E-state index contributed by atoms with van der Waals surface area (Å²) in [6, 6.07) is 1.53. The van der Waals surface area contributed by atoms with Crippen LogP contribution < -0.4 is 0 Å². The minimum absolute atomic E-state index is 0.0545. The molecule has 0 aliphatic carbocycles. The van der Waals surface area contributed by atoms with Crippen LogP contribution in [0.2, 0.25) is 0 Å². The van der Waals surface area contributed by atoms with Gasteiger partial charge >= 0.3 is 0 Å².